The standard InChI is InChI=1S/C41H50ClN5O6S/c1-2-9-31(37(49)39(51)43-29-16-17-29)45-38(50)34-22-41(21-33(46-53-41)26-12-8-13-28(42)19-26)24-47(34)40(52)32(44-36(48)18-25-10-4-3-5-11-25)20-27-23-54-35-15-7-6-14-30(27)35/h6-8,12-15,19,23,25,29,31-32,34,37,49H,2-5,9-11,16-18,20-22,24H2,1H3,(H,43,51)(H,44,48)(H,45,50)/t31-,32+,34+,37?,41-/m1/s1. The van der Waals surface area contributed by atoms with E-state index in [-0.39, 0.29) is 37.3 Å². The SMILES string of the molecule is CCC[C@@H](NC(=O)[C@@H]1C[C@]2(CC(c3cccc(Cl)c3)=NO2)CN1C(=O)[C@H](Cc1csc2ccccc12)NC(=O)CC1CCCCC1)C(O)C(=O)NC1CC1. The van der Waals surface area contributed by atoms with E-state index in [0.29, 0.717) is 36.4 Å². The number of benzene rings is 2. The first-order chi connectivity index (χ1) is 26.1. The highest BCUT2D eigenvalue weighted by molar-refractivity contribution is 7.17. The summed E-state index contributed by atoms with van der Waals surface area (Å²) >= 11 is 7.89. The van der Waals surface area contributed by atoms with Crippen molar-refractivity contribution in [2.75, 3.05) is 6.54 Å². The first-order valence-corrected chi connectivity index (χ1v) is 20.7. The zero-order chi connectivity index (χ0) is 37.8. The van der Waals surface area contributed by atoms with Crippen LogP contribution < -0.4 is 16.0 Å². The third-order valence-corrected chi connectivity index (χ3v) is 12.5. The molecule has 3 aromatic rings. The van der Waals surface area contributed by atoms with Gasteiger partial charge in [0, 0.05) is 47.0 Å². The number of carbonyl (C=O) groups excluding carboxylic acids is 4. The number of amides is 4. The van der Waals surface area contributed by atoms with Crippen LogP contribution in [0.1, 0.15) is 95.1 Å². The summed E-state index contributed by atoms with van der Waals surface area (Å²) in [7, 11) is 0. The van der Waals surface area contributed by atoms with Crippen LogP contribution in [0, 0.1) is 5.92 Å². The Morgan fingerprint density at radius 2 is 1.85 bits per heavy atom. The average Bonchev–Trinajstić information content (AvgIpc) is 3.56. The molecule has 4 N–H and O–H groups in total. The largest absolute Gasteiger partial charge is 0.387 e. The lowest BCUT2D eigenvalue weighted by atomic mass is 9.86. The molecule has 54 heavy (non-hydrogen) atoms. The van der Waals surface area contributed by atoms with Gasteiger partial charge in [-0.2, -0.15) is 0 Å². The Bertz CT molecular complexity index is 1890. The number of rotatable bonds is 14. The second-order valence-corrected chi connectivity index (χ2v) is 17.0. The van der Waals surface area contributed by atoms with Crippen molar-refractivity contribution in [2.24, 2.45) is 11.1 Å². The highest BCUT2D eigenvalue weighted by Crippen LogP contribution is 2.40. The molecule has 2 saturated carbocycles. The highest BCUT2D eigenvalue weighted by Gasteiger charge is 2.55. The van der Waals surface area contributed by atoms with Gasteiger partial charge in [0.15, 0.2) is 11.7 Å². The maximum Gasteiger partial charge on any atom is 0.251 e. The van der Waals surface area contributed by atoms with Crippen LogP contribution in [0.4, 0.5) is 0 Å². The lowest BCUT2D eigenvalue weighted by molar-refractivity contribution is -0.142. The van der Waals surface area contributed by atoms with Crippen LogP contribution >= 0.6 is 22.9 Å². The van der Waals surface area contributed by atoms with E-state index in [1.807, 2.05) is 48.7 Å². The fourth-order valence-electron chi connectivity index (χ4n) is 8.27. The van der Waals surface area contributed by atoms with Gasteiger partial charge in [-0.05, 0) is 72.6 Å². The molecule has 1 aromatic heterocycles. The first-order valence-electron chi connectivity index (χ1n) is 19.5. The number of hydrogen-bond donors (Lipinski definition) is 4. The van der Waals surface area contributed by atoms with Crippen LogP contribution in [-0.2, 0) is 30.4 Å². The molecule has 0 bridgehead atoms. The van der Waals surface area contributed by atoms with Gasteiger partial charge in [-0.1, -0.05) is 79.7 Å². The van der Waals surface area contributed by atoms with Gasteiger partial charge in [-0.25, -0.2) is 0 Å². The summed E-state index contributed by atoms with van der Waals surface area (Å²) in [5.41, 5.74) is 1.38. The van der Waals surface area contributed by atoms with E-state index in [2.05, 4.69) is 21.1 Å². The van der Waals surface area contributed by atoms with E-state index in [1.165, 1.54) is 11.3 Å². The van der Waals surface area contributed by atoms with E-state index in [0.717, 1.165) is 59.7 Å². The fraction of sp³-hybridized carbons (Fsp3) is 0.537. The van der Waals surface area contributed by atoms with Gasteiger partial charge in [-0.15, -0.1) is 11.3 Å². The Morgan fingerprint density at radius 3 is 2.61 bits per heavy atom. The summed E-state index contributed by atoms with van der Waals surface area (Å²) in [6.07, 6.45) is 7.68. The van der Waals surface area contributed by atoms with Crippen LogP contribution in [0.5, 0.6) is 0 Å². The second kappa shape index (κ2) is 16.8. The van der Waals surface area contributed by atoms with Crippen LogP contribution in [0.25, 0.3) is 10.1 Å². The third-order valence-electron chi connectivity index (χ3n) is 11.3. The van der Waals surface area contributed by atoms with Crippen molar-refractivity contribution in [3.63, 3.8) is 0 Å². The van der Waals surface area contributed by atoms with E-state index < -0.39 is 47.6 Å². The maximum absolute atomic E-state index is 15.0. The summed E-state index contributed by atoms with van der Waals surface area (Å²) in [4.78, 5) is 63.6. The van der Waals surface area contributed by atoms with Crippen LogP contribution in [-0.4, -0.2) is 81.8 Å². The minimum absolute atomic E-state index is 0.0479. The van der Waals surface area contributed by atoms with Crippen molar-refractivity contribution in [3.8, 4) is 0 Å². The molecule has 13 heteroatoms. The summed E-state index contributed by atoms with van der Waals surface area (Å²) in [6, 6.07) is 12.5. The fourth-order valence-corrected chi connectivity index (χ4v) is 9.43. The number of halogens is 1. The molecule has 5 atom stereocenters. The Hall–Kier alpha value is -4.00. The molecule has 1 saturated heterocycles. The normalized spacial score (nSPS) is 23.1. The molecular weight excluding hydrogens is 726 g/mol. The number of oxime groups is 1. The number of fused-ring (bicyclic) bond motifs is 1. The summed E-state index contributed by atoms with van der Waals surface area (Å²) in [6.45, 7) is 1.97. The third kappa shape index (κ3) is 8.92. The summed E-state index contributed by atoms with van der Waals surface area (Å²) in [5.74, 6) is -1.30. The molecule has 3 heterocycles. The van der Waals surface area contributed by atoms with Gasteiger partial charge in [0.2, 0.25) is 17.7 Å². The predicted octanol–water partition coefficient (Wildman–Crippen LogP) is 5.64. The monoisotopic (exact) mass is 775 g/mol. The van der Waals surface area contributed by atoms with Crippen molar-refractivity contribution < 1.29 is 29.1 Å². The second-order valence-electron chi connectivity index (χ2n) is 15.6. The smallest absolute Gasteiger partial charge is 0.251 e. The Labute approximate surface area is 325 Å². The van der Waals surface area contributed by atoms with Crippen LogP contribution in [0.15, 0.2) is 59.1 Å². The molecular formula is C41H50ClN5O6S. The molecule has 1 spiro atoms. The lowest BCUT2D eigenvalue weighted by Crippen LogP contribution is -2.57. The molecule has 3 fully saturated rings. The predicted molar refractivity (Wildman–Crippen MR) is 209 cm³/mol. The molecule has 288 valence electrons. The quantitative estimate of drug-likeness (QED) is 0.167. The zero-order valence-corrected chi connectivity index (χ0v) is 32.3. The minimum atomic E-state index is -1.45. The number of nitrogens with one attached hydrogen (secondary N) is 3. The Kier molecular flexibility index (Phi) is 11.9. The van der Waals surface area contributed by atoms with Gasteiger partial charge >= 0.3 is 0 Å². The van der Waals surface area contributed by atoms with E-state index in [1.54, 1.807) is 23.5 Å². The summed E-state index contributed by atoms with van der Waals surface area (Å²) < 4.78 is 1.08. The number of nitrogens with zero attached hydrogens (tertiary/aromatic N) is 2. The molecule has 2 aromatic carbocycles. The number of hydrogen-bond acceptors (Lipinski definition) is 8. The van der Waals surface area contributed by atoms with Crippen molar-refractivity contribution in [1.29, 1.82) is 0 Å². The molecule has 1 unspecified atom stereocenters. The maximum atomic E-state index is 15.0. The molecule has 11 nitrogen and oxygen atoms in total. The lowest BCUT2D eigenvalue weighted by Gasteiger charge is -2.31. The van der Waals surface area contributed by atoms with E-state index >= 15 is 0 Å². The number of carbonyl (C=O) groups is 4. The van der Waals surface area contributed by atoms with Gasteiger partial charge in [0.05, 0.1) is 18.3 Å². The van der Waals surface area contributed by atoms with Gasteiger partial charge in [0.25, 0.3) is 5.91 Å². The highest BCUT2D eigenvalue weighted by atomic mass is 35.5. The molecule has 7 rings (SSSR count). The molecule has 2 aliphatic carbocycles. The molecule has 4 amide bonds. The number of aliphatic hydroxyl groups is 1. The van der Waals surface area contributed by atoms with E-state index in [9.17, 15) is 24.3 Å². The van der Waals surface area contributed by atoms with Gasteiger partial charge in [0.1, 0.15) is 12.1 Å². The van der Waals surface area contributed by atoms with Gasteiger partial charge < -0.3 is 30.8 Å². The van der Waals surface area contributed by atoms with Crippen molar-refractivity contribution >= 4 is 62.4 Å². The van der Waals surface area contributed by atoms with Gasteiger partial charge in [-0.3, -0.25) is 19.2 Å². The zero-order valence-electron chi connectivity index (χ0n) is 30.7. The molecule has 2 aliphatic heterocycles. The number of thiophene rings is 1. The average molecular weight is 776 g/mol. The molecule has 4 aliphatic rings. The van der Waals surface area contributed by atoms with Crippen molar-refractivity contribution in [3.05, 3.63) is 70.1 Å². The Balaban J connectivity index is 1.17. The number of likely N-dealkylation sites (tertiary alicyclic amines) is 1. The van der Waals surface area contributed by atoms with Crippen molar-refractivity contribution in [1.82, 2.24) is 20.9 Å². The molecule has 0 radical (unpaired) electrons. The number of aliphatic hydroxyl groups excluding tert-OH is 1. The topological polar surface area (TPSA) is 149 Å². The Morgan fingerprint density at radius 1 is 1.06 bits per heavy atom. The first kappa shape index (κ1) is 38.3. The van der Waals surface area contributed by atoms with E-state index in [4.69, 9.17) is 16.4 Å². The van der Waals surface area contributed by atoms with Crippen LogP contribution in [0.3, 0.4) is 0 Å². The van der Waals surface area contributed by atoms with Crippen LogP contribution in [0.2, 0.25) is 5.02 Å². The minimum Gasteiger partial charge on any atom is -0.387 e. The van der Waals surface area contributed by atoms with Crippen molar-refractivity contribution in [2.45, 2.75) is 126 Å². The summed E-state index contributed by atoms with van der Waals surface area (Å²) in [5, 5.41) is 28.0.